The molecule has 1 aliphatic rings. The molecule has 3 rings (SSSR count). The molecule has 1 saturated heterocycles. The summed E-state index contributed by atoms with van der Waals surface area (Å²) in [6.07, 6.45) is 3.25. The predicted molar refractivity (Wildman–Crippen MR) is 86.2 cm³/mol. The Bertz CT molecular complexity index is 696. The van der Waals surface area contributed by atoms with Gasteiger partial charge in [-0.3, -0.25) is 4.79 Å². The molecule has 1 amide bonds. The maximum absolute atomic E-state index is 13.0. The van der Waals surface area contributed by atoms with E-state index < -0.39 is 0 Å². The van der Waals surface area contributed by atoms with Crippen LogP contribution in [0.15, 0.2) is 30.3 Å². The number of carbonyl (C=O) groups excluding carboxylic acids is 1. The molecule has 23 heavy (non-hydrogen) atoms. The van der Waals surface area contributed by atoms with Crippen molar-refractivity contribution in [3.05, 3.63) is 47.5 Å². The van der Waals surface area contributed by atoms with Gasteiger partial charge in [-0.15, -0.1) is 0 Å². The summed E-state index contributed by atoms with van der Waals surface area (Å²) in [5.74, 6) is -0.0176. The Hall–Kier alpha value is -2.50. The van der Waals surface area contributed by atoms with E-state index in [1.54, 1.807) is 18.2 Å². The van der Waals surface area contributed by atoms with E-state index >= 15 is 0 Å². The summed E-state index contributed by atoms with van der Waals surface area (Å²) < 4.78 is 13.0. The van der Waals surface area contributed by atoms with Crippen LogP contribution >= 0.6 is 0 Å². The van der Waals surface area contributed by atoms with E-state index in [4.69, 9.17) is 0 Å². The van der Waals surface area contributed by atoms with Crippen molar-refractivity contribution in [2.45, 2.75) is 26.2 Å². The number of aryl methyl sites for hydroxylation is 1. The lowest BCUT2D eigenvalue weighted by molar-refractivity contribution is 0.0718. The minimum atomic E-state index is -0.304. The molecule has 0 spiro atoms. The van der Waals surface area contributed by atoms with Crippen molar-refractivity contribution in [3.8, 4) is 0 Å². The summed E-state index contributed by atoms with van der Waals surface area (Å²) >= 11 is 0. The van der Waals surface area contributed by atoms with Gasteiger partial charge in [-0.2, -0.15) is 0 Å². The monoisotopic (exact) mass is 314 g/mol. The van der Waals surface area contributed by atoms with Gasteiger partial charge in [0.25, 0.3) is 5.91 Å². The number of likely N-dealkylation sites (tertiary alicyclic amines) is 1. The average Bonchev–Trinajstić information content (AvgIpc) is 2.56. The zero-order chi connectivity index (χ0) is 16.2. The Morgan fingerprint density at radius 1 is 1.13 bits per heavy atom. The summed E-state index contributed by atoms with van der Waals surface area (Å²) in [7, 11) is 0. The zero-order valence-corrected chi connectivity index (χ0v) is 13.1. The fraction of sp³-hybridized carbons (Fsp3) is 0.353. The maximum Gasteiger partial charge on any atom is 0.272 e. The van der Waals surface area contributed by atoms with Crippen molar-refractivity contribution in [1.82, 2.24) is 14.9 Å². The Morgan fingerprint density at radius 3 is 2.52 bits per heavy atom. The van der Waals surface area contributed by atoms with Gasteiger partial charge in [0.15, 0.2) is 0 Å². The first-order chi connectivity index (χ1) is 11.1. The van der Waals surface area contributed by atoms with Crippen LogP contribution in [0.1, 0.15) is 35.4 Å². The molecule has 1 fully saturated rings. The van der Waals surface area contributed by atoms with Gasteiger partial charge in [0.2, 0.25) is 5.95 Å². The van der Waals surface area contributed by atoms with Gasteiger partial charge < -0.3 is 10.2 Å². The highest BCUT2D eigenvalue weighted by molar-refractivity contribution is 5.92. The normalized spacial score (nSPS) is 14.6. The lowest BCUT2D eigenvalue weighted by Gasteiger charge is -2.26. The molecule has 120 valence electrons. The van der Waals surface area contributed by atoms with E-state index in [-0.39, 0.29) is 11.7 Å². The summed E-state index contributed by atoms with van der Waals surface area (Å²) in [5.41, 5.74) is 1.78. The number of carbonyl (C=O) groups is 1. The molecule has 0 radical (unpaired) electrons. The smallest absolute Gasteiger partial charge is 0.272 e. The lowest BCUT2D eigenvalue weighted by atomic mass is 10.1. The number of amides is 1. The standard InChI is InChI=1S/C17H19FN4O/c1-12-11-15(16(23)22-9-3-2-4-10-22)21-17(19-12)20-14-7-5-13(18)6-8-14/h5-8,11H,2-4,9-10H2,1H3,(H,19,20,21). The number of aromatic nitrogens is 2. The molecule has 0 bridgehead atoms. The molecular formula is C17H19FN4O. The van der Waals surface area contributed by atoms with Crippen LogP contribution in [0.3, 0.4) is 0 Å². The van der Waals surface area contributed by atoms with E-state index in [9.17, 15) is 9.18 Å². The molecule has 0 unspecified atom stereocenters. The van der Waals surface area contributed by atoms with Crippen LogP contribution < -0.4 is 5.32 Å². The van der Waals surface area contributed by atoms with Gasteiger partial charge in [-0.1, -0.05) is 0 Å². The fourth-order valence-corrected chi connectivity index (χ4v) is 2.66. The van der Waals surface area contributed by atoms with Crippen molar-refractivity contribution in [2.75, 3.05) is 18.4 Å². The molecule has 0 aliphatic carbocycles. The number of anilines is 2. The Balaban J connectivity index is 1.80. The quantitative estimate of drug-likeness (QED) is 0.944. The first-order valence-corrected chi connectivity index (χ1v) is 7.79. The van der Waals surface area contributed by atoms with Crippen LogP contribution in [-0.2, 0) is 0 Å². The number of nitrogens with one attached hydrogen (secondary N) is 1. The zero-order valence-electron chi connectivity index (χ0n) is 13.1. The first-order valence-electron chi connectivity index (χ1n) is 7.79. The van der Waals surface area contributed by atoms with Gasteiger partial charge in [-0.25, -0.2) is 14.4 Å². The number of hydrogen-bond acceptors (Lipinski definition) is 4. The van der Waals surface area contributed by atoms with Crippen LogP contribution in [0.2, 0.25) is 0 Å². The highest BCUT2D eigenvalue weighted by Gasteiger charge is 2.20. The maximum atomic E-state index is 13.0. The van der Waals surface area contributed by atoms with Crippen LogP contribution in [-0.4, -0.2) is 33.9 Å². The van der Waals surface area contributed by atoms with Gasteiger partial charge in [0.1, 0.15) is 11.5 Å². The molecule has 0 saturated carbocycles. The molecule has 2 heterocycles. The summed E-state index contributed by atoms with van der Waals surface area (Å²) in [6, 6.07) is 7.63. The number of hydrogen-bond donors (Lipinski definition) is 1. The number of benzene rings is 1. The predicted octanol–water partition coefficient (Wildman–Crippen LogP) is 3.29. The molecular weight excluding hydrogens is 295 g/mol. The Kier molecular flexibility index (Phi) is 4.50. The van der Waals surface area contributed by atoms with E-state index in [0.29, 0.717) is 23.0 Å². The highest BCUT2D eigenvalue weighted by Crippen LogP contribution is 2.17. The van der Waals surface area contributed by atoms with E-state index in [1.165, 1.54) is 18.6 Å². The van der Waals surface area contributed by atoms with Gasteiger partial charge in [-0.05, 0) is 56.5 Å². The Morgan fingerprint density at radius 2 is 1.83 bits per heavy atom. The number of piperidine rings is 1. The molecule has 1 N–H and O–H groups in total. The third-order valence-corrected chi connectivity index (χ3v) is 3.82. The third-order valence-electron chi connectivity index (χ3n) is 3.82. The van der Waals surface area contributed by atoms with Crippen molar-refractivity contribution in [1.29, 1.82) is 0 Å². The number of rotatable bonds is 3. The minimum absolute atomic E-state index is 0.0580. The second-order valence-electron chi connectivity index (χ2n) is 5.70. The summed E-state index contributed by atoms with van der Waals surface area (Å²) in [6.45, 7) is 3.38. The largest absolute Gasteiger partial charge is 0.337 e. The molecule has 2 aromatic rings. The van der Waals surface area contributed by atoms with Crippen molar-refractivity contribution < 1.29 is 9.18 Å². The Labute approximate surface area is 134 Å². The van der Waals surface area contributed by atoms with Crippen molar-refractivity contribution in [2.24, 2.45) is 0 Å². The van der Waals surface area contributed by atoms with Crippen LogP contribution in [0.5, 0.6) is 0 Å². The van der Waals surface area contributed by atoms with Crippen molar-refractivity contribution >= 4 is 17.5 Å². The number of halogens is 1. The second kappa shape index (κ2) is 6.73. The summed E-state index contributed by atoms with van der Waals surface area (Å²) in [4.78, 5) is 23.0. The fourth-order valence-electron chi connectivity index (χ4n) is 2.66. The third kappa shape index (κ3) is 3.83. The number of nitrogens with zero attached hydrogens (tertiary/aromatic N) is 3. The van der Waals surface area contributed by atoms with E-state index in [2.05, 4.69) is 15.3 Å². The molecule has 6 heteroatoms. The van der Waals surface area contributed by atoms with Crippen LogP contribution in [0.4, 0.5) is 16.0 Å². The van der Waals surface area contributed by atoms with E-state index in [0.717, 1.165) is 25.9 Å². The SMILES string of the molecule is Cc1cc(C(=O)N2CCCCC2)nc(Nc2ccc(F)cc2)n1. The molecule has 0 atom stereocenters. The second-order valence-corrected chi connectivity index (χ2v) is 5.70. The minimum Gasteiger partial charge on any atom is -0.337 e. The van der Waals surface area contributed by atoms with Gasteiger partial charge in [0, 0.05) is 24.5 Å². The highest BCUT2D eigenvalue weighted by atomic mass is 19.1. The first kappa shape index (κ1) is 15.4. The van der Waals surface area contributed by atoms with Gasteiger partial charge in [0.05, 0.1) is 0 Å². The topological polar surface area (TPSA) is 58.1 Å². The lowest BCUT2D eigenvalue weighted by Crippen LogP contribution is -2.36. The van der Waals surface area contributed by atoms with Crippen LogP contribution in [0, 0.1) is 12.7 Å². The van der Waals surface area contributed by atoms with E-state index in [1.807, 2.05) is 11.8 Å². The molecule has 1 aromatic heterocycles. The average molecular weight is 314 g/mol. The molecule has 1 aliphatic heterocycles. The van der Waals surface area contributed by atoms with Crippen LogP contribution in [0.25, 0.3) is 0 Å². The van der Waals surface area contributed by atoms with Crippen molar-refractivity contribution in [3.63, 3.8) is 0 Å². The van der Waals surface area contributed by atoms with Gasteiger partial charge >= 0.3 is 0 Å². The summed E-state index contributed by atoms with van der Waals surface area (Å²) in [5, 5.41) is 3.01. The molecule has 1 aromatic carbocycles. The molecule has 5 nitrogen and oxygen atoms in total.